The first-order valence-electron chi connectivity index (χ1n) is 7.90. The molecule has 0 aromatic carbocycles. The van der Waals surface area contributed by atoms with Crippen LogP contribution in [0.5, 0.6) is 0 Å². The summed E-state index contributed by atoms with van der Waals surface area (Å²) in [6.45, 7) is 3.94. The first-order valence-corrected chi connectivity index (χ1v) is 8.88. The van der Waals surface area contributed by atoms with Crippen LogP contribution in [0, 0.1) is 0 Å². The van der Waals surface area contributed by atoms with Crippen molar-refractivity contribution in [3.8, 4) is 0 Å². The highest BCUT2D eigenvalue weighted by atomic mass is 32.2. The molecule has 1 aliphatic heterocycles. The van der Waals surface area contributed by atoms with Crippen LogP contribution < -0.4 is 5.73 Å². The van der Waals surface area contributed by atoms with E-state index in [1.807, 2.05) is 4.58 Å². The monoisotopic (exact) mass is 301 g/mol. The number of thioether (sulfide) groups is 1. The van der Waals surface area contributed by atoms with Crippen molar-refractivity contribution in [1.29, 1.82) is 0 Å². The van der Waals surface area contributed by atoms with Crippen LogP contribution in [0.25, 0.3) is 0 Å². The summed E-state index contributed by atoms with van der Waals surface area (Å²) in [4.78, 5) is 11.6. The summed E-state index contributed by atoms with van der Waals surface area (Å²) in [5.41, 5.74) is 5.77. The summed E-state index contributed by atoms with van der Waals surface area (Å²) in [5.74, 6) is 0.815. The van der Waals surface area contributed by atoms with Gasteiger partial charge in [0.2, 0.25) is 0 Å². The minimum atomic E-state index is -0.154. The number of carbonyl (C=O) groups is 1. The molecule has 5 heteroatoms. The fourth-order valence-corrected chi connectivity index (χ4v) is 3.10. The third-order valence-electron chi connectivity index (χ3n) is 3.50. The lowest BCUT2D eigenvalue weighted by atomic mass is 10.1. The average molecular weight is 301 g/mol. The molecule has 0 aliphatic carbocycles. The van der Waals surface area contributed by atoms with Crippen molar-refractivity contribution < 1.29 is 14.1 Å². The number of amidine groups is 1. The molecular weight excluding hydrogens is 272 g/mol. The van der Waals surface area contributed by atoms with E-state index in [9.17, 15) is 4.79 Å². The quantitative estimate of drug-likeness (QED) is 0.362. The van der Waals surface area contributed by atoms with Crippen LogP contribution >= 0.6 is 11.8 Å². The van der Waals surface area contributed by atoms with E-state index in [0.717, 1.165) is 30.3 Å². The zero-order chi connectivity index (χ0) is 14.6. The van der Waals surface area contributed by atoms with Gasteiger partial charge in [-0.1, -0.05) is 51.9 Å². The highest BCUT2D eigenvalue weighted by molar-refractivity contribution is 8.13. The Hall–Kier alpha value is -0.710. The first-order chi connectivity index (χ1) is 9.74. The molecule has 1 heterocycles. The van der Waals surface area contributed by atoms with Gasteiger partial charge in [-0.2, -0.15) is 0 Å². The SMILES string of the molecule is CCCCCCCCCCOC(=O)C[N+]1=C(N)SCC1. The van der Waals surface area contributed by atoms with Crippen LogP contribution in [-0.2, 0) is 9.53 Å². The summed E-state index contributed by atoms with van der Waals surface area (Å²) in [6, 6.07) is 0. The van der Waals surface area contributed by atoms with E-state index in [0.29, 0.717) is 13.2 Å². The third kappa shape index (κ3) is 7.78. The summed E-state index contributed by atoms with van der Waals surface area (Å²) in [5, 5.41) is 0.744. The summed E-state index contributed by atoms with van der Waals surface area (Å²) in [7, 11) is 0. The van der Waals surface area contributed by atoms with Gasteiger partial charge in [-0.3, -0.25) is 5.73 Å². The Morgan fingerprint density at radius 3 is 2.45 bits per heavy atom. The maximum absolute atomic E-state index is 11.6. The Balaban J connectivity index is 1.91. The van der Waals surface area contributed by atoms with Crippen LogP contribution in [0.3, 0.4) is 0 Å². The lowest BCUT2D eigenvalue weighted by Gasteiger charge is -2.05. The van der Waals surface area contributed by atoms with Crippen LogP contribution in [0.2, 0.25) is 0 Å². The van der Waals surface area contributed by atoms with Gasteiger partial charge in [-0.15, -0.1) is 0 Å². The van der Waals surface area contributed by atoms with E-state index in [1.54, 1.807) is 11.8 Å². The fraction of sp³-hybridized carbons (Fsp3) is 0.867. The molecule has 0 aromatic heterocycles. The molecule has 0 atom stereocenters. The Morgan fingerprint density at radius 2 is 1.85 bits per heavy atom. The number of hydrogen-bond donors (Lipinski definition) is 1. The molecule has 0 fully saturated rings. The Kier molecular flexibility index (Phi) is 9.54. The maximum atomic E-state index is 11.6. The molecule has 0 spiro atoms. The minimum Gasteiger partial charge on any atom is -0.463 e. The second-order valence-corrected chi connectivity index (χ2v) is 6.42. The topological polar surface area (TPSA) is 55.3 Å². The highest BCUT2D eigenvalue weighted by Gasteiger charge is 2.20. The molecule has 1 rings (SSSR count). The van der Waals surface area contributed by atoms with Crippen molar-refractivity contribution in [2.24, 2.45) is 5.73 Å². The molecule has 4 nitrogen and oxygen atoms in total. The lowest BCUT2D eigenvalue weighted by Crippen LogP contribution is -2.28. The van der Waals surface area contributed by atoms with Crippen molar-refractivity contribution in [3.63, 3.8) is 0 Å². The van der Waals surface area contributed by atoms with Crippen molar-refractivity contribution >= 4 is 22.9 Å². The average Bonchev–Trinajstić information content (AvgIpc) is 2.82. The number of carbonyl (C=O) groups excluding carboxylic acids is 1. The van der Waals surface area contributed by atoms with Gasteiger partial charge in [-0.25, -0.2) is 9.37 Å². The Bertz CT molecular complexity index is 319. The van der Waals surface area contributed by atoms with Gasteiger partial charge in [0.15, 0.2) is 6.54 Å². The summed E-state index contributed by atoms with van der Waals surface area (Å²) in [6.07, 6.45) is 10.1. The van der Waals surface area contributed by atoms with Crippen molar-refractivity contribution in [1.82, 2.24) is 0 Å². The largest absolute Gasteiger partial charge is 0.463 e. The lowest BCUT2D eigenvalue weighted by molar-refractivity contribution is -0.509. The van der Waals surface area contributed by atoms with E-state index in [2.05, 4.69) is 6.92 Å². The van der Waals surface area contributed by atoms with Crippen LogP contribution in [0.4, 0.5) is 0 Å². The normalized spacial score (nSPS) is 14.8. The van der Waals surface area contributed by atoms with Gasteiger partial charge in [-0.05, 0) is 18.2 Å². The standard InChI is InChI=1S/C15H28N2O2S/c1-2-3-4-5-6-7-8-9-11-19-14(18)13-17-10-12-20-15(17)16/h16H,2-13H2,1H3/p+1. The van der Waals surface area contributed by atoms with Gasteiger partial charge in [0, 0.05) is 5.75 Å². The molecule has 0 unspecified atom stereocenters. The zero-order valence-corrected chi connectivity index (χ0v) is 13.6. The van der Waals surface area contributed by atoms with Crippen LogP contribution in [-0.4, -0.2) is 41.2 Å². The Morgan fingerprint density at radius 1 is 1.20 bits per heavy atom. The van der Waals surface area contributed by atoms with Gasteiger partial charge < -0.3 is 4.74 Å². The summed E-state index contributed by atoms with van der Waals surface area (Å²) < 4.78 is 7.13. The van der Waals surface area contributed by atoms with Crippen LogP contribution in [0.1, 0.15) is 58.3 Å². The molecule has 0 saturated carbocycles. The molecule has 20 heavy (non-hydrogen) atoms. The van der Waals surface area contributed by atoms with E-state index < -0.39 is 0 Å². The molecular formula is C15H29N2O2S+. The molecule has 0 aromatic rings. The number of nitrogens with two attached hydrogens (primary N) is 1. The van der Waals surface area contributed by atoms with Crippen molar-refractivity contribution in [2.75, 3.05) is 25.4 Å². The van der Waals surface area contributed by atoms with Gasteiger partial charge in [0.1, 0.15) is 0 Å². The number of unbranched alkanes of at least 4 members (excludes halogenated alkanes) is 7. The predicted octanol–water partition coefficient (Wildman–Crippen LogP) is 2.74. The molecule has 0 radical (unpaired) electrons. The maximum Gasteiger partial charge on any atom is 0.348 e. The van der Waals surface area contributed by atoms with Crippen LogP contribution in [0.15, 0.2) is 0 Å². The summed E-state index contributed by atoms with van der Waals surface area (Å²) >= 11 is 1.60. The first kappa shape index (κ1) is 17.3. The minimum absolute atomic E-state index is 0.154. The predicted molar refractivity (Wildman–Crippen MR) is 85.2 cm³/mol. The zero-order valence-electron chi connectivity index (χ0n) is 12.7. The van der Waals surface area contributed by atoms with E-state index >= 15 is 0 Å². The molecule has 0 saturated heterocycles. The number of rotatable bonds is 11. The Labute approximate surface area is 127 Å². The number of esters is 1. The fourth-order valence-electron chi connectivity index (χ4n) is 2.24. The van der Waals surface area contributed by atoms with Gasteiger partial charge in [0.25, 0.3) is 0 Å². The number of ether oxygens (including phenoxy) is 1. The number of nitrogens with zero attached hydrogens (tertiary/aromatic N) is 1. The van der Waals surface area contributed by atoms with Crippen molar-refractivity contribution in [2.45, 2.75) is 58.3 Å². The van der Waals surface area contributed by atoms with E-state index in [4.69, 9.17) is 10.5 Å². The molecule has 2 N–H and O–H groups in total. The highest BCUT2D eigenvalue weighted by Crippen LogP contribution is 2.09. The molecule has 0 amide bonds. The van der Waals surface area contributed by atoms with Crippen molar-refractivity contribution in [3.05, 3.63) is 0 Å². The molecule has 1 aliphatic rings. The third-order valence-corrected chi connectivity index (χ3v) is 4.44. The van der Waals surface area contributed by atoms with Gasteiger partial charge in [0.05, 0.1) is 13.2 Å². The molecule has 0 bridgehead atoms. The van der Waals surface area contributed by atoms with Gasteiger partial charge >= 0.3 is 11.1 Å². The second kappa shape index (κ2) is 11.0. The smallest absolute Gasteiger partial charge is 0.348 e. The van der Waals surface area contributed by atoms with E-state index in [1.165, 1.54) is 38.5 Å². The molecule has 116 valence electrons. The number of hydrogen-bond acceptors (Lipinski definition) is 4. The second-order valence-electron chi connectivity index (χ2n) is 5.30. The van der Waals surface area contributed by atoms with E-state index in [-0.39, 0.29) is 5.97 Å².